The summed E-state index contributed by atoms with van der Waals surface area (Å²) in [5.74, 6) is 0. The molecular formula is C18H36KN2O6. The minimum absolute atomic E-state index is 0. The Hall–Kier alpha value is 1.32. The normalized spacial score (nSPS) is 29.3. The average Bonchev–Trinajstić information content (AvgIpc) is 2.65. The van der Waals surface area contributed by atoms with Crippen LogP contribution in [0.15, 0.2) is 0 Å². The molecule has 0 saturated carbocycles. The Morgan fingerprint density at radius 3 is 0.667 bits per heavy atom. The second-order valence-corrected chi connectivity index (χ2v) is 6.36. The maximum absolute atomic E-state index is 5.70. The smallest absolute Gasteiger partial charge is 0.0701 e. The summed E-state index contributed by atoms with van der Waals surface area (Å²) in [4.78, 5) is 4.62. The van der Waals surface area contributed by atoms with Gasteiger partial charge in [0.25, 0.3) is 0 Å². The number of hydrogen-bond donors (Lipinski definition) is 0. The number of rotatable bonds is 0. The first kappa shape index (κ1) is 26.4. The zero-order valence-corrected chi connectivity index (χ0v) is 20.2. The molecule has 0 aromatic heterocycles. The molecule has 0 unspecified atom stereocenters. The van der Waals surface area contributed by atoms with Gasteiger partial charge in [-0.2, -0.15) is 0 Å². The second-order valence-electron chi connectivity index (χ2n) is 6.36. The molecule has 9 heteroatoms. The van der Waals surface area contributed by atoms with E-state index in [1.807, 2.05) is 0 Å². The van der Waals surface area contributed by atoms with E-state index >= 15 is 0 Å². The van der Waals surface area contributed by atoms with E-state index < -0.39 is 0 Å². The molecule has 0 spiro atoms. The topological polar surface area (TPSA) is 61.9 Å². The van der Waals surface area contributed by atoms with Crippen LogP contribution in [0.1, 0.15) is 0 Å². The van der Waals surface area contributed by atoms with Gasteiger partial charge in [0.05, 0.1) is 79.3 Å². The largest absolute Gasteiger partial charge is 0.378 e. The molecule has 3 fully saturated rings. The van der Waals surface area contributed by atoms with Crippen molar-refractivity contribution in [2.24, 2.45) is 0 Å². The summed E-state index contributed by atoms with van der Waals surface area (Å²) in [6.45, 7) is 13.2. The SMILES string of the molecule is C1COCCN2CCOCCOCCN(CCO1)CCOCCOCC2.[K]. The van der Waals surface area contributed by atoms with E-state index in [1.165, 1.54) is 0 Å². The summed E-state index contributed by atoms with van der Waals surface area (Å²) in [5.41, 5.74) is 0. The van der Waals surface area contributed by atoms with Gasteiger partial charge in [0.2, 0.25) is 0 Å². The fourth-order valence-electron chi connectivity index (χ4n) is 2.80. The third-order valence-corrected chi connectivity index (χ3v) is 4.43. The second kappa shape index (κ2) is 19.3. The molecule has 3 rings (SSSR count). The standard InChI is InChI=1S/C18H36N2O6.K/c1-7-21-13-14-24-10-4-20-5-11-25-17-15-22-8-2-19(1)3-9-23-16-18-26-12-6-20;/h1-18H2;. The fourth-order valence-corrected chi connectivity index (χ4v) is 2.80. The fraction of sp³-hybridized carbons (Fsp3) is 1.00. The average molecular weight is 416 g/mol. The summed E-state index contributed by atoms with van der Waals surface area (Å²) >= 11 is 0. The van der Waals surface area contributed by atoms with Gasteiger partial charge in [0.15, 0.2) is 0 Å². The van der Waals surface area contributed by atoms with E-state index in [0.717, 1.165) is 39.3 Å². The van der Waals surface area contributed by atoms with Crippen LogP contribution < -0.4 is 0 Å². The van der Waals surface area contributed by atoms with Gasteiger partial charge in [-0.15, -0.1) is 0 Å². The van der Waals surface area contributed by atoms with E-state index in [9.17, 15) is 0 Å². The van der Waals surface area contributed by atoms with Crippen LogP contribution in [0.5, 0.6) is 0 Å². The van der Waals surface area contributed by atoms with Gasteiger partial charge in [-0.25, -0.2) is 0 Å². The van der Waals surface area contributed by atoms with Crippen molar-refractivity contribution < 1.29 is 28.4 Å². The van der Waals surface area contributed by atoms with Crippen molar-refractivity contribution in [3.8, 4) is 0 Å². The van der Waals surface area contributed by atoms with Crippen molar-refractivity contribution in [3.05, 3.63) is 0 Å². The Morgan fingerprint density at radius 2 is 0.481 bits per heavy atom. The summed E-state index contributed by atoms with van der Waals surface area (Å²) < 4.78 is 34.2. The van der Waals surface area contributed by atoms with Gasteiger partial charge in [-0.3, -0.25) is 9.80 Å². The first-order valence-corrected chi connectivity index (χ1v) is 9.86. The van der Waals surface area contributed by atoms with Crippen LogP contribution in [0.25, 0.3) is 0 Å². The Kier molecular flexibility index (Phi) is 18.8. The molecule has 3 aliphatic rings. The summed E-state index contributed by atoms with van der Waals surface area (Å²) in [6.07, 6.45) is 0. The number of nitrogens with zero attached hydrogens (tertiary/aromatic N) is 2. The van der Waals surface area contributed by atoms with Crippen molar-refractivity contribution >= 4 is 51.4 Å². The Labute approximate surface area is 206 Å². The zero-order valence-electron chi connectivity index (χ0n) is 17.1. The molecule has 0 atom stereocenters. The summed E-state index contributed by atoms with van der Waals surface area (Å²) in [6, 6.07) is 0. The molecule has 3 saturated heterocycles. The molecule has 2 bridgehead atoms. The van der Waals surface area contributed by atoms with Gasteiger partial charge in [0.1, 0.15) is 0 Å². The van der Waals surface area contributed by atoms with E-state index in [4.69, 9.17) is 28.4 Å². The monoisotopic (exact) mass is 415 g/mol. The minimum Gasteiger partial charge on any atom is -0.378 e. The van der Waals surface area contributed by atoms with Gasteiger partial charge < -0.3 is 28.4 Å². The zero-order chi connectivity index (χ0) is 18.1. The third-order valence-electron chi connectivity index (χ3n) is 4.43. The van der Waals surface area contributed by atoms with Gasteiger partial charge in [0, 0.05) is 90.7 Å². The van der Waals surface area contributed by atoms with E-state index in [-0.39, 0.29) is 51.4 Å². The number of ether oxygens (including phenoxy) is 6. The van der Waals surface area contributed by atoms with Crippen molar-refractivity contribution in [1.29, 1.82) is 0 Å². The summed E-state index contributed by atoms with van der Waals surface area (Å²) in [7, 11) is 0. The molecule has 3 aliphatic heterocycles. The van der Waals surface area contributed by atoms with E-state index in [0.29, 0.717) is 79.3 Å². The molecule has 0 N–H and O–H groups in total. The van der Waals surface area contributed by atoms with Crippen LogP contribution in [0.3, 0.4) is 0 Å². The maximum Gasteiger partial charge on any atom is 0.0701 e. The Morgan fingerprint density at radius 1 is 0.296 bits per heavy atom. The summed E-state index contributed by atoms with van der Waals surface area (Å²) in [5, 5.41) is 0. The number of hydrogen-bond acceptors (Lipinski definition) is 8. The van der Waals surface area contributed by atoms with Crippen molar-refractivity contribution in [2.45, 2.75) is 0 Å². The predicted octanol–water partition coefficient (Wildman–Crippen LogP) is -0.664. The molecule has 0 aromatic rings. The van der Waals surface area contributed by atoms with Crippen molar-refractivity contribution in [1.82, 2.24) is 9.80 Å². The van der Waals surface area contributed by atoms with E-state index in [2.05, 4.69) is 9.80 Å². The Balaban J connectivity index is 0.00000364. The first-order valence-electron chi connectivity index (χ1n) is 9.86. The maximum atomic E-state index is 5.70. The molecule has 8 nitrogen and oxygen atoms in total. The molecule has 155 valence electrons. The van der Waals surface area contributed by atoms with Crippen molar-refractivity contribution in [3.63, 3.8) is 0 Å². The van der Waals surface area contributed by atoms with Crippen LogP contribution >= 0.6 is 0 Å². The Bertz CT molecular complexity index is 253. The number of fused-ring (bicyclic) bond motifs is 21. The van der Waals surface area contributed by atoms with Gasteiger partial charge in [-0.05, 0) is 0 Å². The quantitative estimate of drug-likeness (QED) is 0.483. The minimum atomic E-state index is 0. The molecule has 0 aromatic carbocycles. The van der Waals surface area contributed by atoms with Crippen molar-refractivity contribution in [2.75, 3.05) is 119 Å². The molecule has 1 radical (unpaired) electrons. The molecular weight excluding hydrogens is 379 g/mol. The van der Waals surface area contributed by atoms with Crippen LogP contribution in [0.2, 0.25) is 0 Å². The van der Waals surface area contributed by atoms with Gasteiger partial charge >= 0.3 is 0 Å². The van der Waals surface area contributed by atoms with Crippen LogP contribution in [-0.2, 0) is 28.4 Å². The van der Waals surface area contributed by atoms with E-state index in [1.54, 1.807) is 0 Å². The molecule has 0 aliphatic carbocycles. The molecule has 27 heavy (non-hydrogen) atoms. The molecule has 3 heterocycles. The van der Waals surface area contributed by atoms with Crippen LogP contribution in [0.4, 0.5) is 0 Å². The van der Waals surface area contributed by atoms with Crippen LogP contribution in [0, 0.1) is 0 Å². The molecule has 0 amide bonds. The van der Waals surface area contributed by atoms with Gasteiger partial charge in [-0.1, -0.05) is 0 Å². The third kappa shape index (κ3) is 14.9. The predicted molar refractivity (Wildman–Crippen MR) is 104 cm³/mol. The first-order chi connectivity index (χ1) is 12.9. The van der Waals surface area contributed by atoms with Crippen LogP contribution in [-0.4, -0.2) is 180 Å².